The van der Waals surface area contributed by atoms with Gasteiger partial charge in [0.25, 0.3) is 11.8 Å². The first-order valence-corrected chi connectivity index (χ1v) is 16.6. The molecule has 0 N–H and O–H groups in total. The summed E-state index contributed by atoms with van der Waals surface area (Å²) in [6, 6.07) is 20.5. The van der Waals surface area contributed by atoms with Crippen LogP contribution in [0.3, 0.4) is 0 Å². The van der Waals surface area contributed by atoms with Crippen LogP contribution in [0.25, 0.3) is 21.5 Å². The number of halogens is 2. The number of amides is 2. The Balaban J connectivity index is 1.27. The molecule has 7 rings (SSSR count). The van der Waals surface area contributed by atoms with Crippen LogP contribution in [0.1, 0.15) is 57.8 Å². The van der Waals surface area contributed by atoms with Crippen molar-refractivity contribution >= 4 is 73.9 Å². The molecule has 1 aromatic heterocycles. The van der Waals surface area contributed by atoms with Crippen molar-refractivity contribution in [1.29, 1.82) is 0 Å². The second-order valence-electron chi connectivity index (χ2n) is 12.2. The fraction of sp³-hybridized carbons (Fsp3) is 0.243. The first kappa shape index (κ1) is 31.7. The minimum Gasteiger partial charge on any atom is -0.462 e. The minimum atomic E-state index is -0.469. The molecule has 0 saturated carbocycles. The number of rotatable bonds is 7. The Kier molecular flexibility index (Phi) is 8.13. The molecular weight excluding hydrogens is 651 g/mol. The molecule has 0 aliphatic carbocycles. The lowest BCUT2D eigenvalue weighted by molar-refractivity contribution is -0.131. The molecule has 0 fully saturated rings. The lowest BCUT2D eigenvalue weighted by atomic mass is 9.95. The molecular formula is C37H32Cl2N4O5. The standard InChI is InChI=1S/C37H32Cl2N4O5/c1-20(2)47-32-14-30-35(26-11-7-5-9-24(26)32)23(17-39)19-43(30)37(46)31-13-28(40-41(31)4)36(45)42-18-22(16-38)34-27-12-8-6-10-25(27)33(15-29(34)42)48-21(3)44/h5-15,22-23H,1,16-19H2,2-4H3/t22-,23-/m1/s1. The van der Waals surface area contributed by atoms with E-state index in [4.69, 9.17) is 32.7 Å². The van der Waals surface area contributed by atoms with Crippen LogP contribution in [0.15, 0.2) is 79.1 Å². The zero-order valence-corrected chi connectivity index (χ0v) is 28.1. The van der Waals surface area contributed by atoms with Gasteiger partial charge in [0.1, 0.15) is 17.2 Å². The monoisotopic (exact) mass is 682 g/mol. The van der Waals surface area contributed by atoms with Crippen LogP contribution in [0, 0.1) is 0 Å². The van der Waals surface area contributed by atoms with Gasteiger partial charge in [0, 0.05) is 79.6 Å². The fourth-order valence-electron chi connectivity index (χ4n) is 7.02. The topological polar surface area (TPSA) is 94.0 Å². The van der Waals surface area contributed by atoms with E-state index in [0.717, 1.165) is 32.7 Å². The third kappa shape index (κ3) is 5.18. The van der Waals surface area contributed by atoms with Crippen LogP contribution in [-0.4, -0.2) is 52.4 Å². The van der Waals surface area contributed by atoms with Gasteiger partial charge in [-0.15, -0.1) is 23.2 Å². The number of nitrogens with zero attached hydrogens (tertiary/aromatic N) is 4. The van der Waals surface area contributed by atoms with E-state index in [9.17, 15) is 14.4 Å². The van der Waals surface area contributed by atoms with Crippen molar-refractivity contribution in [2.75, 3.05) is 34.6 Å². The Labute approximate surface area is 287 Å². The van der Waals surface area contributed by atoms with Gasteiger partial charge in [-0.1, -0.05) is 55.1 Å². The third-order valence-electron chi connectivity index (χ3n) is 8.98. The summed E-state index contributed by atoms with van der Waals surface area (Å²) in [6.07, 6.45) is 0. The van der Waals surface area contributed by atoms with Gasteiger partial charge in [-0.05, 0) is 28.8 Å². The van der Waals surface area contributed by atoms with Crippen LogP contribution in [0.5, 0.6) is 11.5 Å². The predicted molar refractivity (Wildman–Crippen MR) is 188 cm³/mol. The first-order valence-electron chi connectivity index (χ1n) is 15.5. The van der Waals surface area contributed by atoms with Gasteiger partial charge in [-0.25, -0.2) is 0 Å². The number of aromatic nitrogens is 2. The minimum absolute atomic E-state index is 0.0994. The van der Waals surface area contributed by atoms with Crippen LogP contribution < -0.4 is 19.3 Å². The van der Waals surface area contributed by atoms with Crippen molar-refractivity contribution in [3.05, 3.63) is 102 Å². The first-order chi connectivity index (χ1) is 23.1. The molecule has 0 saturated heterocycles. The van der Waals surface area contributed by atoms with Gasteiger partial charge < -0.3 is 19.3 Å². The van der Waals surface area contributed by atoms with E-state index in [1.54, 1.807) is 29.8 Å². The maximum atomic E-state index is 14.3. The molecule has 0 radical (unpaired) electrons. The van der Waals surface area contributed by atoms with Crippen molar-refractivity contribution in [3.63, 3.8) is 0 Å². The molecule has 11 heteroatoms. The fourth-order valence-corrected chi connectivity index (χ4v) is 7.53. The maximum Gasteiger partial charge on any atom is 0.308 e. The number of anilines is 2. The van der Waals surface area contributed by atoms with E-state index in [1.165, 1.54) is 17.7 Å². The number of ether oxygens (including phenoxy) is 2. The number of hydrogen-bond acceptors (Lipinski definition) is 6. The number of carbonyl (C=O) groups excluding carboxylic acids is 3. The summed E-state index contributed by atoms with van der Waals surface area (Å²) in [4.78, 5) is 43.7. The van der Waals surface area contributed by atoms with Gasteiger partial charge in [-0.2, -0.15) is 5.10 Å². The molecule has 5 aromatic rings. The Morgan fingerprint density at radius 1 is 0.771 bits per heavy atom. The molecule has 2 aliphatic rings. The third-order valence-corrected chi connectivity index (χ3v) is 9.72. The van der Waals surface area contributed by atoms with E-state index in [-0.39, 0.29) is 35.0 Å². The Hall–Kier alpha value is -4.86. The smallest absolute Gasteiger partial charge is 0.308 e. The van der Waals surface area contributed by atoms with Gasteiger partial charge >= 0.3 is 5.97 Å². The second-order valence-corrected chi connectivity index (χ2v) is 12.8. The summed E-state index contributed by atoms with van der Waals surface area (Å²) in [7, 11) is 1.64. The lowest BCUT2D eigenvalue weighted by Gasteiger charge is -2.19. The Morgan fingerprint density at radius 3 is 1.73 bits per heavy atom. The summed E-state index contributed by atoms with van der Waals surface area (Å²) in [5, 5.41) is 7.97. The van der Waals surface area contributed by atoms with E-state index in [0.29, 0.717) is 47.6 Å². The summed E-state index contributed by atoms with van der Waals surface area (Å²) in [5.74, 6) is 0.599. The van der Waals surface area contributed by atoms with E-state index in [2.05, 4.69) is 11.7 Å². The summed E-state index contributed by atoms with van der Waals surface area (Å²) < 4.78 is 13.0. The molecule has 4 aromatic carbocycles. The van der Waals surface area contributed by atoms with Gasteiger partial charge in [0.05, 0.1) is 17.1 Å². The molecule has 3 heterocycles. The molecule has 244 valence electrons. The molecule has 0 bridgehead atoms. The average Bonchev–Trinajstić information content (AvgIpc) is 3.77. The number of aryl methyl sites for hydroxylation is 1. The van der Waals surface area contributed by atoms with Crippen molar-refractivity contribution < 1.29 is 23.9 Å². The highest BCUT2D eigenvalue weighted by Gasteiger charge is 2.39. The predicted octanol–water partition coefficient (Wildman–Crippen LogP) is 7.53. The van der Waals surface area contributed by atoms with Crippen molar-refractivity contribution in [2.45, 2.75) is 25.7 Å². The molecule has 2 amide bonds. The van der Waals surface area contributed by atoms with E-state index in [1.807, 2.05) is 54.6 Å². The van der Waals surface area contributed by atoms with Crippen LogP contribution in [0.4, 0.5) is 11.4 Å². The quantitative estimate of drug-likeness (QED) is 0.0763. The van der Waals surface area contributed by atoms with E-state index >= 15 is 0 Å². The number of alkyl halides is 2. The molecule has 2 atom stereocenters. The second kappa shape index (κ2) is 12.3. The SMILES string of the molecule is C=C(C)Oc1cc2c(c3ccccc13)[C@H](CCl)CN2C(=O)c1cc(C(=O)N2C[C@@H](CCl)c3c2cc(OC(C)=O)c2ccccc32)nn1C. The molecule has 2 aliphatic heterocycles. The van der Waals surface area contributed by atoms with Crippen LogP contribution >= 0.6 is 23.2 Å². The largest absolute Gasteiger partial charge is 0.462 e. The van der Waals surface area contributed by atoms with Crippen molar-refractivity contribution in [2.24, 2.45) is 7.05 Å². The zero-order valence-electron chi connectivity index (χ0n) is 26.6. The Bertz CT molecular complexity index is 2180. The zero-order chi connectivity index (χ0) is 33.9. The maximum absolute atomic E-state index is 14.3. The normalized spacial score (nSPS) is 16.7. The van der Waals surface area contributed by atoms with Crippen LogP contribution in [-0.2, 0) is 11.8 Å². The molecule has 9 nitrogen and oxygen atoms in total. The number of fused-ring (bicyclic) bond motifs is 6. The molecule has 0 unspecified atom stereocenters. The highest BCUT2D eigenvalue weighted by molar-refractivity contribution is 6.20. The molecule has 0 spiro atoms. The van der Waals surface area contributed by atoms with E-state index < -0.39 is 11.9 Å². The van der Waals surface area contributed by atoms with Crippen LogP contribution in [0.2, 0.25) is 0 Å². The van der Waals surface area contributed by atoms with Gasteiger partial charge in [0.2, 0.25) is 0 Å². The highest BCUT2D eigenvalue weighted by atomic mass is 35.5. The average molecular weight is 684 g/mol. The summed E-state index contributed by atoms with van der Waals surface area (Å²) in [5.41, 5.74) is 3.49. The number of allylic oxidation sites excluding steroid dienone is 1. The summed E-state index contributed by atoms with van der Waals surface area (Å²) in [6.45, 7) is 7.67. The summed E-state index contributed by atoms with van der Waals surface area (Å²) >= 11 is 12.9. The number of carbonyl (C=O) groups is 3. The highest BCUT2D eigenvalue weighted by Crippen LogP contribution is 2.48. The lowest BCUT2D eigenvalue weighted by Crippen LogP contribution is -2.31. The Morgan fingerprint density at radius 2 is 1.25 bits per heavy atom. The number of benzene rings is 4. The number of hydrogen-bond donors (Lipinski definition) is 0. The number of esters is 1. The van der Waals surface area contributed by atoms with Gasteiger partial charge in [-0.3, -0.25) is 19.1 Å². The molecule has 48 heavy (non-hydrogen) atoms. The van der Waals surface area contributed by atoms with Crippen molar-refractivity contribution in [3.8, 4) is 11.5 Å². The van der Waals surface area contributed by atoms with Gasteiger partial charge in [0.15, 0.2) is 5.69 Å². The van der Waals surface area contributed by atoms with Crippen molar-refractivity contribution in [1.82, 2.24) is 9.78 Å².